The molecule has 1 aromatic carbocycles. The van der Waals surface area contributed by atoms with Crippen LogP contribution in [0.2, 0.25) is 0 Å². The maximum absolute atomic E-state index is 5.71. The number of benzene rings is 1. The van der Waals surface area contributed by atoms with Gasteiger partial charge in [-0.1, -0.05) is 12.1 Å². The maximum atomic E-state index is 5.71. The van der Waals surface area contributed by atoms with Gasteiger partial charge in [-0.3, -0.25) is 4.99 Å². The number of nitrogens with zero attached hydrogens (tertiary/aromatic N) is 1. The molecule has 0 atom stereocenters. The molecule has 88 valence electrons. The average Bonchev–Trinajstić information content (AvgIpc) is 2.73. The van der Waals surface area contributed by atoms with E-state index >= 15 is 0 Å². The van der Waals surface area contributed by atoms with E-state index in [0.29, 0.717) is 6.61 Å². The van der Waals surface area contributed by atoms with E-state index in [2.05, 4.69) is 30.2 Å². The monoisotopic (exact) mass is 222 g/mol. The van der Waals surface area contributed by atoms with E-state index in [1.54, 1.807) is 0 Å². The minimum absolute atomic E-state index is 0. The third-order valence-corrected chi connectivity index (χ3v) is 2.66. The molecule has 0 amide bonds. The summed E-state index contributed by atoms with van der Waals surface area (Å²) < 4.78 is 5.71. The summed E-state index contributed by atoms with van der Waals surface area (Å²) in [7, 11) is 0. The number of hydrogen-bond acceptors (Lipinski definition) is 3. The summed E-state index contributed by atoms with van der Waals surface area (Å²) in [5, 5.41) is 3.19. The molecular weight excluding hydrogens is 204 g/mol. The molecule has 16 heavy (non-hydrogen) atoms. The van der Waals surface area contributed by atoms with E-state index < -0.39 is 0 Å². The van der Waals surface area contributed by atoms with Crippen molar-refractivity contribution >= 4 is 5.84 Å². The molecule has 0 bridgehead atoms. The highest BCUT2D eigenvalue weighted by Crippen LogP contribution is 2.20. The summed E-state index contributed by atoms with van der Waals surface area (Å²) >= 11 is 0. The Labute approximate surface area is 95.7 Å². The first-order valence-electron chi connectivity index (χ1n) is 5.23. The van der Waals surface area contributed by atoms with Crippen LogP contribution in [0.1, 0.15) is 11.1 Å². The zero-order chi connectivity index (χ0) is 10.7. The first kappa shape index (κ1) is 12.5. The van der Waals surface area contributed by atoms with Gasteiger partial charge in [0, 0.05) is 6.54 Å². The van der Waals surface area contributed by atoms with E-state index in [1.165, 1.54) is 11.1 Å². The van der Waals surface area contributed by atoms with Crippen LogP contribution in [0.15, 0.2) is 23.2 Å². The first-order chi connectivity index (χ1) is 7.27. The van der Waals surface area contributed by atoms with Crippen LogP contribution < -0.4 is 10.1 Å². The normalized spacial score (nSPS) is 13.8. The molecule has 0 radical (unpaired) electrons. The lowest BCUT2D eigenvalue weighted by atomic mass is 10.1. The number of aliphatic imine (C=N–C) groups is 1. The SMILES string of the molecule is Cc1cccc(OCC2=NCCN2)c1C.O. The van der Waals surface area contributed by atoms with Crippen molar-refractivity contribution in [2.45, 2.75) is 13.8 Å². The van der Waals surface area contributed by atoms with Gasteiger partial charge in [-0.25, -0.2) is 0 Å². The lowest BCUT2D eigenvalue weighted by Crippen LogP contribution is -2.25. The fourth-order valence-electron chi connectivity index (χ4n) is 1.57. The van der Waals surface area contributed by atoms with Crippen LogP contribution in [-0.4, -0.2) is 31.0 Å². The molecule has 4 nitrogen and oxygen atoms in total. The van der Waals surface area contributed by atoms with Crippen molar-refractivity contribution < 1.29 is 10.2 Å². The summed E-state index contributed by atoms with van der Waals surface area (Å²) in [5.41, 5.74) is 2.46. The number of rotatable bonds is 3. The van der Waals surface area contributed by atoms with Crippen molar-refractivity contribution in [2.24, 2.45) is 4.99 Å². The van der Waals surface area contributed by atoms with Crippen LogP contribution >= 0.6 is 0 Å². The number of hydrogen-bond donors (Lipinski definition) is 1. The minimum Gasteiger partial charge on any atom is -0.485 e. The van der Waals surface area contributed by atoms with Crippen LogP contribution in [0.4, 0.5) is 0 Å². The van der Waals surface area contributed by atoms with Crippen molar-refractivity contribution in [2.75, 3.05) is 19.7 Å². The quantitative estimate of drug-likeness (QED) is 0.824. The van der Waals surface area contributed by atoms with Crippen molar-refractivity contribution in [3.8, 4) is 5.75 Å². The minimum atomic E-state index is 0. The zero-order valence-electron chi connectivity index (χ0n) is 9.71. The Morgan fingerprint density at radius 2 is 2.19 bits per heavy atom. The molecule has 0 aliphatic carbocycles. The summed E-state index contributed by atoms with van der Waals surface area (Å²) in [6.07, 6.45) is 0. The summed E-state index contributed by atoms with van der Waals surface area (Å²) in [6, 6.07) is 6.10. The highest BCUT2D eigenvalue weighted by Gasteiger charge is 2.07. The average molecular weight is 222 g/mol. The van der Waals surface area contributed by atoms with Gasteiger partial charge < -0.3 is 15.5 Å². The molecule has 0 unspecified atom stereocenters. The van der Waals surface area contributed by atoms with E-state index in [0.717, 1.165) is 24.7 Å². The molecule has 1 aromatic rings. The van der Waals surface area contributed by atoms with Gasteiger partial charge in [0.1, 0.15) is 18.2 Å². The highest BCUT2D eigenvalue weighted by molar-refractivity contribution is 5.85. The molecule has 2 rings (SSSR count). The Bertz CT molecular complexity index is 389. The Balaban J connectivity index is 0.00000128. The molecule has 1 heterocycles. The maximum Gasteiger partial charge on any atom is 0.145 e. The van der Waals surface area contributed by atoms with Gasteiger partial charge in [0.05, 0.1) is 6.54 Å². The van der Waals surface area contributed by atoms with Crippen LogP contribution in [0.5, 0.6) is 5.75 Å². The Kier molecular flexibility index (Phi) is 4.31. The van der Waals surface area contributed by atoms with E-state index in [4.69, 9.17) is 4.74 Å². The fourth-order valence-corrected chi connectivity index (χ4v) is 1.57. The third-order valence-electron chi connectivity index (χ3n) is 2.66. The summed E-state index contributed by atoms with van der Waals surface area (Å²) in [5.74, 6) is 1.90. The first-order valence-corrected chi connectivity index (χ1v) is 5.23. The van der Waals surface area contributed by atoms with Crippen LogP contribution in [0.3, 0.4) is 0 Å². The molecule has 3 N–H and O–H groups in total. The van der Waals surface area contributed by atoms with Crippen LogP contribution in [0.25, 0.3) is 0 Å². The lowest BCUT2D eigenvalue weighted by molar-refractivity contribution is 0.370. The van der Waals surface area contributed by atoms with Gasteiger partial charge in [-0.2, -0.15) is 0 Å². The number of nitrogens with one attached hydrogen (secondary N) is 1. The van der Waals surface area contributed by atoms with Crippen molar-refractivity contribution in [3.63, 3.8) is 0 Å². The molecular formula is C12H18N2O2. The molecule has 0 fully saturated rings. The predicted molar refractivity (Wildman–Crippen MR) is 65.3 cm³/mol. The Hall–Kier alpha value is -1.55. The predicted octanol–water partition coefficient (Wildman–Crippen LogP) is 0.859. The highest BCUT2D eigenvalue weighted by atomic mass is 16.5. The molecule has 0 saturated carbocycles. The van der Waals surface area contributed by atoms with Gasteiger partial charge in [-0.05, 0) is 31.0 Å². The lowest BCUT2D eigenvalue weighted by Gasteiger charge is -2.10. The van der Waals surface area contributed by atoms with Gasteiger partial charge in [0.2, 0.25) is 0 Å². The summed E-state index contributed by atoms with van der Waals surface area (Å²) in [6.45, 7) is 6.52. The standard InChI is InChI=1S/C12H16N2O.H2O/c1-9-4-3-5-11(10(9)2)15-8-12-13-6-7-14-12;/h3-5H,6-8H2,1-2H3,(H,13,14);1H2. The Morgan fingerprint density at radius 1 is 1.38 bits per heavy atom. The van der Waals surface area contributed by atoms with Crippen molar-refractivity contribution in [1.82, 2.24) is 5.32 Å². The third kappa shape index (κ3) is 2.73. The molecule has 4 heteroatoms. The molecule has 0 spiro atoms. The second kappa shape index (κ2) is 5.51. The van der Waals surface area contributed by atoms with E-state index in [-0.39, 0.29) is 5.48 Å². The van der Waals surface area contributed by atoms with Gasteiger partial charge in [0.25, 0.3) is 0 Å². The van der Waals surface area contributed by atoms with Crippen LogP contribution in [-0.2, 0) is 0 Å². The van der Waals surface area contributed by atoms with Gasteiger partial charge in [0.15, 0.2) is 0 Å². The van der Waals surface area contributed by atoms with Crippen LogP contribution in [0, 0.1) is 13.8 Å². The topological polar surface area (TPSA) is 65.1 Å². The second-order valence-electron chi connectivity index (χ2n) is 3.74. The fraction of sp³-hybridized carbons (Fsp3) is 0.417. The molecule has 0 aromatic heterocycles. The number of aryl methyl sites for hydroxylation is 1. The number of amidine groups is 1. The molecule has 1 aliphatic rings. The van der Waals surface area contributed by atoms with E-state index in [1.807, 2.05) is 12.1 Å². The van der Waals surface area contributed by atoms with E-state index in [9.17, 15) is 0 Å². The smallest absolute Gasteiger partial charge is 0.145 e. The molecule has 1 aliphatic heterocycles. The van der Waals surface area contributed by atoms with Gasteiger partial charge >= 0.3 is 0 Å². The van der Waals surface area contributed by atoms with Crippen molar-refractivity contribution in [1.29, 1.82) is 0 Å². The second-order valence-corrected chi connectivity index (χ2v) is 3.74. The molecule has 0 saturated heterocycles. The zero-order valence-corrected chi connectivity index (χ0v) is 9.71. The largest absolute Gasteiger partial charge is 0.485 e. The van der Waals surface area contributed by atoms with Crippen molar-refractivity contribution in [3.05, 3.63) is 29.3 Å². The summed E-state index contributed by atoms with van der Waals surface area (Å²) in [4.78, 5) is 4.28. The number of ether oxygens (including phenoxy) is 1. The Morgan fingerprint density at radius 3 is 2.88 bits per heavy atom. The van der Waals surface area contributed by atoms with Gasteiger partial charge in [-0.15, -0.1) is 0 Å².